The van der Waals surface area contributed by atoms with Crippen LogP contribution in [0.2, 0.25) is 0 Å². The maximum absolute atomic E-state index is 13.3. The largest absolute Gasteiger partial charge is 0.352 e. The van der Waals surface area contributed by atoms with Gasteiger partial charge in [-0.3, -0.25) is 14.5 Å². The molecular weight excluding hydrogens is 424 g/mol. The molecule has 0 aromatic heterocycles. The quantitative estimate of drug-likeness (QED) is 0.632. The van der Waals surface area contributed by atoms with Crippen LogP contribution in [0.3, 0.4) is 0 Å². The lowest BCUT2D eigenvalue weighted by Gasteiger charge is -2.29. The van der Waals surface area contributed by atoms with E-state index < -0.39 is 6.04 Å². The Kier molecular flexibility index (Phi) is 8.35. The van der Waals surface area contributed by atoms with Gasteiger partial charge in [-0.25, -0.2) is 0 Å². The Hall–Kier alpha value is -2.70. The second kappa shape index (κ2) is 11.6. The maximum atomic E-state index is 13.3. The van der Waals surface area contributed by atoms with Crippen molar-refractivity contribution in [3.05, 3.63) is 71.8 Å². The number of nitrogens with one attached hydrogen (secondary N) is 1. The van der Waals surface area contributed by atoms with Gasteiger partial charge in [0.15, 0.2) is 0 Å². The first kappa shape index (κ1) is 24.4. The van der Waals surface area contributed by atoms with Crippen LogP contribution >= 0.6 is 0 Å². The molecule has 4 rings (SSSR count). The summed E-state index contributed by atoms with van der Waals surface area (Å²) >= 11 is 0. The van der Waals surface area contributed by atoms with Crippen molar-refractivity contribution < 1.29 is 9.59 Å². The normalized spacial score (nSPS) is 24.9. The smallest absolute Gasteiger partial charge is 0.243 e. The van der Waals surface area contributed by atoms with Gasteiger partial charge in [-0.05, 0) is 49.7 Å². The van der Waals surface area contributed by atoms with Gasteiger partial charge in [0.25, 0.3) is 0 Å². The topological polar surface area (TPSA) is 78.7 Å². The fourth-order valence-corrected chi connectivity index (χ4v) is 5.36. The molecule has 1 saturated heterocycles. The molecule has 1 saturated carbocycles. The van der Waals surface area contributed by atoms with E-state index in [9.17, 15) is 9.59 Å². The SMILES string of the molecule is CC(=O)N1CC(N(CCc2ccccc2)Cc2ccccc2)CC1C(=O)NC1CCC(N)CC1. The number of carbonyl (C=O) groups is 2. The summed E-state index contributed by atoms with van der Waals surface area (Å²) in [5, 5.41) is 3.23. The van der Waals surface area contributed by atoms with E-state index in [1.807, 2.05) is 12.1 Å². The van der Waals surface area contributed by atoms with Crippen LogP contribution < -0.4 is 11.1 Å². The van der Waals surface area contributed by atoms with Crippen LogP contribution in [0.1, 0.15) is 50.2 Å². The highest BCUT2D eigenvalue weighted by Gasteiger charge is 2.41. The Morgan fingerprint density at radius 2 is 1.59 bits per heavy atom. The Labute approximate surface area is 203 Å². The van der Waals surface area contributed by atoms with Crippen molar-refractivity contribution in [2.24, 2.45) is 5.73 Å². The second-order valence-corrected chi connectivity index (χ2v) is 9.89. The lowest BCUT2D eigenvalue weighted by Crippen LogP contribution is -2.49. The summed E-state index contributed by atoms with van der Waals surface area (Å²) in [7, 11) is 0. The van der Waals surface area contributed by atoms with Gasteiger partial charge in [-0.15, -0.1) is 0 Å². The molecule has 0 radical (unpaired) electrons. The molecule has 182 valence electrons. The van der Waals surface area contributed by atoms with E-state index in [1.54, 1.807) is 11.8 Å². The van der Waals surface area contributed by atoms with Crippen LogP contribution in [0.15, 0.2) is 60.7 Å². The predicted molar refractivity (Wildman–Crippen MR) is 135 cm³/mol. The highest BCUT2D eigenvalue weighted by molar-refractivity contribution is 5.87. The van der Waals surface area contributed by atoms with Crippen molar-refractivity contribution in [2.75, 3.05) is 13.1 Å². The van der Waals surface area contributed by atoms with Gasteiger partial charge in [0.05, 0.1) is 0 Å². The number of likely N-dealkylation sites (tertiary alicyclic amines) is 1. The van der Waals surface area contributed by atoms with Gasteiger partial charge in [0.2, 0.25) is 11.8 Å². The van der Waals surface area contributed by atoms with E-state index in [4.69, 9.17) is 5.73 Å². The molecule has 34 heavy (non-hydrogen) atoms. The number of amides is 2. The lowest BCUT2D eigenvalue weighted by atomic mass is 9.91. The van der Waals surface area contributed by atoms with Gasteiger partial charge in [-0.1, -0.05) is 60.7 Å². The fraction of sp³-hybridized carbons (Fsp3) is 0.500. The second-order valence-electron chi connectivity index (χ2n) is 9.89. The molecule has 1 aliphatic heterocycles. The molecule has 2 fully saturated rings. The van der Waals surface area contributed by atoms with Crippen molar-refractivity contribution in [2.45, 2.75) is 76.2 Å². The van der Waals surface area contributed by atoms with Crippen LogP contribution in [-0.4, -0.2) is 58.9 Å². The van der Waals surface area contributed by atoms with Crippen molar-refractivity contribution >= 4 is 11.8 Å². The Morgan fingerprint density at radius 3 is 2.21 bits per heavy atom. The minimum absolute atomic E-state index is 0.0131. The molecule has 2 unspecified atom stereocenters. The summed E-state index contributed by atoms with van der Waals surface area (Å²) in [4.78, 5) is 30.0. The first-order chi connectivity index (χ1) is 16.5. The van der Waals surface area contributed by atoms with Gasteiger partial charge in [0.1, 0.15) is 6.04 Å². The van der Waals surface area contributed by atoms with Gasteiger partial charge in [0, 0.05) is 44.7 Å². The van der Waals surface area contributed by atoms with Crippen LogP contribution in [-0.2, 0) is 22.6 Å². The van der Waals surface area contributed by atoms with E-state index >= 15 is 0 Å². The minimum Gasteiger partial charge on any atom is -0.352 e. The summed E-state index contributed by atoms with van der Waals surface area (Å²) < 4.78 is 0. The summed E-state index contributed by atoms with van der Waals surface area (Å²) in [6, 6.07) is 21.1. The van der Waals surface area contributed by atoms with Gasteiger partial charge < -0.3 is 16.0 Å². The maximum Gasteiger partial charge on any atom is 0.243 e. The minimum atomic E-state index is -0.409. The molecule has 1 aliphatic carbocycles. The fourth-order valence-electron chi connectivity index (χ4n) is 5.36. The van der Waals surface area contributed by atoms with Crippen molar-refractivity contribution in [3.63, 3.8) is 0 Å². The molecule has 6 nitrogen and oxygen atoms in total. The molecule has 2 atom stereocenters. The summed E-state index contributed by atoms with van der Waals surface area (Å²) in [5.74, 6) is -0.0445. The van der Waals surface area contributed by atoms with E-state index in [0.29, 0.717) is 13.0 Å². The summed E-state index contributed by atoms with van der Waals surface area (Å²) in [5.41, 5.74) is 8.57. The molecule has 1 heterocycles. The number of rotatable bonds is 8. The summed E-state index contributed by atoms with van der Waals surface area (Å²) in [6.45, 7) is 3.85. The lowest BCUT2D eigenvalue weighted by molar-refractivity contribution is -0.137. The van der Waals surface area contributed by atoms with E-state index in [0.717, 1.165) is 45.2 Å². The standard InChI is InChI=1S/C28H38N4O2/c1-21(33)32-20-26(18-27(32)28(34)30-25-14-12-24(29)13-15-25)31(19-23-10-6-3-7-11-23)17-16-22-8-4-2-5-9-22/h2-11,24-27H,12-20,29H2,1H3,(H,30,34). The Balaban J connectivity index is 1.46. The van der Waals surface area contributed by atoms with E-state index in [1.165, 1.54) is 11.1 Å². The average Bonchev–Trinajstić information content (AvgIpc) is 3.31. The molecule has 2 aromatic carbocycles. The third-order valence-corrected chi connectivity index (χ3v) is 7.38. The van der Waals surface area contributed by atoms with Crippen LogP contribution in [0.25, 0.3) is 0 Å². The number of hydrogen-bond donors (Lipinski definition) is 2. The first-order valence-electron chi connectivity index (χ1n) is 12.6. The highest BCUT2D eigenvalue weighted by atomic mass is 16.2. The number of nitrogens with two attached hydrogens (primary N) is 1. The molecule has 0 spiro atoms. The van der Waals surface area contributed by atoms with Crippen LogP contribution in [0, 0.1) is 0 Å². The summed E-state index contributed by atoms with van der Waals surface area (Å²) in [6.07, 6.45) is 5.32. The van der Waals surface area contributed by atoms with Crippen LogP contribution in [0.4, 0.5) is 0 Å². The Bertz CT molecular complexity index is 928. The zero-order valence-electron chi connectivity index (χ0n) is 20.2. The first-order valence-corrected chi connectivity index (χ1v) is 12.6. The molecular formula is C28H38N4O2. The number of benzene rings is 2. The number of carbonyl (C=O) groups excluding carboxylic acids is 2. The van der Waals surface area contributed by atoms with Gasteiger partial charge in [-0.2, -0.15) is 0 Å². The van der Waals surface area contributed by atoms with E-state index in [-0.39, 0.29) is 29.9 Å². The molecule has 3 N–H and O–H groups in total. The average molecular weight is 463 g/mol. The van der Waals surface area contributed by atoms with E-state index in [2.05, 4.69) is 58.7 Å². The molecule has 2 amide bonds. The number of nitrogens with zero attached hydrogens (tertiary/aromatic N) is 2. The van der Waals surface area contributed by atoms with Gasteiger partial charge >= 0.3 is 0 Å². The van der Waals surface area contributed by atoms with Crippen LogP contribution in [0.5, 0.6) is 0 Å². The van der Waals surface area contributed by atoms with Crippen molar-refractivity contribution in [3.8, 4) is 0 Å². The number of hydrogen-bond acceptors (Lipinski definition) is 4. The third-order valence-electron chi connectivity index (χ3n) is 7.38. The van der Waals surface area contributed by atoms with Crippen molar-refractivity contribution in [1.82, 2.24) is 15.1 Å². The third kappa shape index (κ3) is 6.45. The van der Waals surface area contributed by atoms with Crippen molar-refractivity contribution in [1.29, 1.82) is 0 Å². The highest BCUT2D eigenvalue weighted by Crippen LogP contribution is 2.26. The predicted octanol–water partition coefficient (Wildman–Crippen LogP) is 3.11. The molecule has 0 bridgehead atoms. The monoisotopic (exact) mass is 462 g/mol. The molecule has 6 heteroatoms. The molecule has 2 aromatic rings. The zero-order valence-corrected chi connectivity index (χ0v) is 20.2. The zero-order chi connectivity index (χ0) is 23.9. The Morgan fingerprint density at radius 1 is 0.971 bits per heavy atom. The molecule has 2 aliphatic rings.